The molecule has 0 bridgehead atoms. The third kappa shape index (κ3) is 6.44. The number of nitriles is 1. The maximum absolute atomic E-state index is 13.5. The number of aromatic nitrogens is 1. The summed E-state index contributed by atoms with van der Waals surface area (Å²) in [5, 5.41) is 9.12. The van der Waals surface area contributed by atoms with E-state index in [1.807, 2.05) is 12.1 Å². The van der Waals surface area contributed by atoms with Gasteiger partial charge in [0.05, 0.1) is 34.8 Å². The van der Waals surface area contributed by atoms with Gasteiger partial charge in [0.15, 0.2) is 5.11 Å². The number of pyridine rings is 1. The van der Waals surface area contributed by atoms with Crippen LogP contribution in [0.2, 0.25) is 0 Å². The minimum absolute atomic E-state index is 0.0399. The summed E-state index contributed by atoms with van der Waals surface area (Å²) in [5.41, 5.74) is -1.38. The van der Waals surface area contributed by atoms with E-state index in [1.54, 1.807) is 38.1 Å². The minimum atomic E-state index is -4.75. The van der Waals surface area contributed by atoms with Crippen molar-refractivity contribution in [3.63, 3.8) is 0 Å². The van der Waals surface area contributed by atoms with E-state index in [2.05, 4.69) is 4.98 Å². The van der Waals surface area contributed by atoms with Gasteiger partial charge in [0.1, 0.15) is 12.3 Å². The first-order valence-electron chi connectivity index (χ1n) is 11.8. The van der Waals surface area contributed by atoms with Crippen LogP contribution in [0.3, 0.4) is 0 Å². The van der Waals surface area contributed by atoms with Crippen LogP contribution >= 0.6 is 12.2 Å². The number of unbranched alkanes of at least 4 members (excludes halogenated alkanes) is 3. The van der Waals surface area contributed by atoms with Gasteiger partial charge in [0, 0.05) is 19.4 Å². The number of aryl methyl sites for hydroxylation is 1. The van der Waals surface area contributed by atoms with Crippen molar-refractivity contribution < 1.29 is 27.4 Å². The number of halogens is 3. The first-order chi connectivity index (χ1) is 17.5. The highest BCUT2D eigenvalue weighted by atomic mass is 32.1. The van der Waals surface area contributed by atoms with Gasteiger partial charge >= 0.3 is 6.18 Å². The van der Waals surface area contributed by atoms with Crippen LogP contribution in [0.25, 0.3) is 0 Å². The number of methoxy groups -OCH3 is 1. The molecule has 1 aliphatic rings. The van der Waals surface area contributed by atoms with Crippen LogP contribution in [0, 0.1) is 11.3 Å². The summed E-state index contributed by atoms with van der Waals surface area (Å²) >= 11 is 5.56. The second kappa shape index (κ2) is 12.0. The Labute approximate surface area is 219 Å². The van der Waals surface area contributed by atoms with Gasteiger partial charge in [-0.1, -0.05) is 12.8 Å². The Bertz CT molecular complexity index is 1160. The third-order valence-corrected chi connectivity index (χ3v) is 6.46. The van der Waals surface area contributed by atoms with Gasteiger partial charge in [0.2, 0.25) is 0 Å². The first kappa shape index (κ1) is 28.5. The van der Waals surface area contributed by atoms with Gasteiger partial charge in [-0.25, -0.2) is 0 Å². The molecule has 11 heteroatoms. The van der Waals surface area contributed by atoms with E-state index in [0.29, 0.717) is 19.1 Å². The number of thiocarbonyl (C=S) groups is 1. The fraction of sp³-hybridized carbons (Fsp3) is 0.462. The van der Waals surface area contributed by atoms with Gasteiger partial charge < -0.3 is 14.4 Å². The molecule has 37 heavy (non-hydrogen) atoms. The molecule has 2 aromatic rings. The molecule has 0 N–H and O–H groups in total. The third-order valence-electron chi connectivity index (χ3n) is 6.10. The number of amides is 1. The molecule has 198 valence electrons. The summed E-state index contributed by atoms with van der Waals surface area (Å²) < 4.78 is 50.6. The van der Waals surface area contributed by atoms with Crippen molar-refractivity contribution in [3.8, 4) is 6.07 Å². The molecule has 0 saturated carbocycles. The molecule has 2 heterocycles. The zero-order chi connectivity index (χ0) is 27.2. The molecular formula is C26H29F3N4O3S. The van der Waals surface area contributed by atoms with Crippen molar-refractivity contribution >= 4 is 34.6 Å². The summed E-state index contributed by atoms with van der Waals surface area (Å²) in [5.74, 6) is -0.478. The lowest BCUT2D eigenvalue weighted by Crippen LogP contribution is -2.44. The van der Waals surface area contributed by atoms with Crippen molar-refractivity contribution in [3.05, 3.63) is 53.3 Å². The molecule has 1 fully saturated rings. The summed E-state index contributed by atoms with van der Waals surface area (Å²) in [6.07, 6.45) is 1.68. The lowest BCUT2D eigenvalue weighted by Gasteiger charge is -2.29. The van der Waals surface area contributed by atoms with Crippen LogP contribution in [0.4, 0.5) is 24.5 Å². The maximum Gasteiger partial charge on any atom is 0.417 e. The van der Waals surface area contributed by atoms with Gasteiger partial charge in [-0.15, -0.1) is 0 Å². The van der Waals surface area contributed by atoms with Crippen molar-refractivity contribution in [2.45, 2.75) is 57.7 Å². The van der Waals surface area contributed by atoms with Gasteiger partial charge in [-0.05, 0) is 75.7 Å². The highest BCUT2D eigenvalue weighted by Gasteiger charge is 2.50. The molecule has 1 amide bonds. The van der Waals surface area contributed by atoms with Crippen LogP contribution in [0.1, 0.15) is 56.4 Å². The number of carbonyl (C=O) groups is 1. The van der Waals surface area contributed by atoms with Crippen LogP contribution in [-0.4, -0.2) is 42.1 Å². The topological polar surface area (TPSA) is 78.7 Å². The Balaban J connectivity index is 1.72. The molecule has 7 nitrogen and oxygen atoms in total. The zero-order valence-electron chi connectivity index (χ0n) is 21.0. The number of ether oxygens (including phenoxy) is 2. The molecular weight excluding hydrogens is 505 g/mol. The molecule has 1 aliphatic heterocycles. The van der Waals surface area contributed by atoms with Gasteiger partial charge in [-0.2, -0.15) is 18.4 Å². The lowest BCUT2D eigenvalue weighted by atomic mass is 10.0. The fourth-order valence-electron chi connectivity index (χ4n) is 4.16. The van der Waals surface area contributed by atoms with E-state index in [4.69, 9.17) is 27.0 Å². The minimum Gasteiger partial charge on any atom is -0.359 e. The fourth-order valence-corrected chi connectivity index (χ4v) is 4.68. The van der Waals surface area contributed by atoms with E-state index < -0.39 is 28.7 Å². The largest absolute Gasteiger partial charge is 0.417 e. The lowest BCUT2D eigenvalue weighted by molar-refractivity contribution is -0.137. The quantitative estimate of drug-likeness (QED) is 0.211. The van der Waals surface area contributed by atoms with Crippen molar-refractivity contribution in [1.29, 1.82) is 5.26 Å². The molecule has 0 aliphatic carbocycles. The SMILES string of the molecule is COCOCCCCCCc1ccc(N2C(=S)N(c3ccc(C#N)c(C(F)(F)F)c3)C(=O)C2(C)C)cn1. The normalized spacial score (nSPS) is 15.4. The first-order valence-corrected chi connectivity index (χ1v) is 12.2. The van der Waals surface area contributed by atoms with Crippen molar-refractivity contribution in [2.75, 3.05) is 30.3 Å². The highest BCUT2D eigenvalue weighted by Crippen LogP contribution is 2.39. The molecule has 3 rings (SSSR count). The number of nitrogens with zero attached hydrogens (tertiary/aromatic N) is 4. The molecule has 1 aromatic carbocycles. The Morgan fingerprint density at radius 1 is 1.11 bits per heavy atom. The summed E-state index contributed by atoms with van der Waals surface area (Å²) in [6.45, 7) is 4.28. The predicted octanol–water partition coefficient (Wildman–Crippen LogP) is 5.61. The van der Waals surface area contributed by atoms with Crippen LogP contribution in [-0.2, 0) is 26.9 Å². The van der Waals surface area contributed by atoms with Crippen LogP contribution in [0.15, 0.2) is 36.5 Å². The standard InChI is InChI=1S/C26H29F3N4O3S/c1-25(2)23(34)32(20-11-9-18(15-30)22(14-20)26(27,28)29)24(37)33(25)21-12-10-19(31-16-21)8-6-4-5-7-13-36-17-35-3/h9-12,14,16H,4-8,13,17H2,1-3H3. The van der Waals surface area contributed by atoms with E-state index >= 15 is 0 Å². The van der Waals surface area contributed by atoms with Gasteiger partial charge in [-0.3, -0.25) is 14.7 Å². The number of carbonyl (C=O) groups excluding carboxylic acids is 1. The van der Waals surface area contributed by atoms with E-state index in [0.717, 1.165) is 54.8 Å². The molecule has 0 spiro atoms. The van der Waals surface area contributed by atoms with E-state index in [9.17, 15) is 18.0 Å². The summed E-state index contributed by atoms with van der Waals surface area (Å²) in [4.78, 5) is 20.5. The Kier molecular flexibility index (Phi) is 9.23. The van der Waals surface area contributed by atoms with Crippen LogP contribution in [0.5, 0.6) is 0 Å². The Morgan fingerprint density at radius 3 is 2.43 bits per heavy atom. The maximum atomic E-state index is 13.5. The highest BCUT2D eigenvalue weighted by molar-refractivity contribution is 7.81. The number of rotatable bonds is 11. The smallest absolute Gasteiger partial charge is 0.359 e. The van der Waals surface area contributed by atoms with Crippen LogP contribution < -0.4 is 9.80 Å². The number of hydrogen-bond donors (Lipinski definition) is 0. The van der Waals surface area contributed by atoms with E-state index in [-0.39, 0.29) is 10.8 Å². The zero-order valence-corrected chi connectivity index (χ0v) is 21.8. The second-order valence-electron chi connectivity index (χ2n) is 9.14. The number of anilines is 2. The monoisotopic (exact) mass is 534 g/mol. The molecule has 1 aromatic heterocycles. The average Bonchev–Trinajstić information content (AvgIpc) is 3.03. The molecule has 0 unspecified atom stereocenters. The summed E-state index contributed by atoms with van der Waals surface area (Å²) in [7, 11) is 1.59. The average molecular weight is 535 g/mol. The molecule has 1 saturated heterocycles. The molecule has 0 atom stereocenters. The number of hydrogen-bond acceptors (Lipinski definition) is 6. The van der Waals surface area contributed by atoms with E-state index in [1.165, 1.54) is 6.07 Å². The Hall–Kier alpha value is -3.07. The second-order valence-corrected chi connectivity index (χ2v) is 9.51. The Morgan fingerprint density at radius 2 is 1.81 bits per heavy atom. The number of alkyl halides is 3. The number of benzene rings is 1. The predicted molar refractivity (Wildman–Crippen MR) is 137 cm³/mol. The van der Waals surface area contributed by atoms with Crippen molar-refractivity contribution in [2.24, 2.45) is 0 Å². The van der Waals surface area contributed by atoms with Crippen molar-refractivity contribution in [1.82, 2.24) is 4.98 Å². The molecule has 0 radical (unpaired) electrons. The summed E-state index contributed by atoms with van der Waals surface area (Å²) in [6, 6.07) is 8.35. The van der Waals surface area contributed by atoms with Gasteiger partial charge in [0.25, 0.3) is 5.91 Å².